The monoisotopic (exact) mass is 275 g/mol. The van der Waals surface area contributed by atoms with Gasteiger partial charge in [-0.05, 0) is 54.8 Å². The molecule has 3 unspecified atom stereocenters. The Labute approximate surface area is 123 Å². The van der Waals surface area contributed by atoms with Crippen LogP contribution in [0.5, 0.6) is 0 Å². The Morgan fingerprint density at radius 3 is 2.60 bits per heavy atom. The molecule has 0 spiro atoms. The second kappa shape index (κ2) is 6.23. The van der Waals surface area contributed by atoms with E-state index in [4.69, 9.17) is 5.73 Å². The SMILES string of the molecule is CC1C(N)CCC(CN(C)Cc2ccncc2)C1(C)C. The van der Waals surface area contributed by atoms with E-state index in [2.05, 4.69) is 49.8 Å². The lowest BCUT2D eigenvalue weighted by Gasteiger charge is -2.48. The molecule has 0 bridgehead atoms. The Hall–Kier alpha value is -0.930. The third kappa shape index (κ3) is 3.39. The first-order chi connectivity index (χ1) is 9.41. The van der Waals surface area contributed by atoms with E-state index in [9.17, 15) is 0 Å². The van der Waals surface area contributed by atoms with Crippen molar-refractivity contribution in [1.82, 2.24) is 9.88 Å². The van der Waals surface area contributed by atoms with Gasteiger partial charge in [-0.25, -0.2) is 0 Å². The fourth-order valence-corrected chi connectivity index (χ4v) is 3.51. The molecule has 1 aromatic rings. The van der Waals surface area contributed by atoms with Crippen LogP contribution in [0, 0.1) is 17.3 Å². The molecule has 3 atom stereocenters. The molecule has 0 radical (unpaired) electrons. The molecule has 1 heterocycles. The number of aromatic nitrogens is 1. The van der Waals surface area contributed by atoms with Crippen molar-refractivity contribution in [2.45, 2.75) is 46.2 Å². The molecular weight excluding hydrogens is 246 g/mol. The van der Waals surface area contributed by atoms with E-state index in [0.29, 0.717) is 17.4 Å². The van der Waals surface area contributed by atoms with E-state index >= 15 is 0 Å². The lowest BCUT2D eigenvalue weighted by atomic mass is 9.61. The lowest BCUT2D eigenvalue weighted by molar-refractivity contribution is 0.0324. The molecule has 1 fully saturated rings. The van der Waals surface area contributed by atoms with Crippen molar-refractivity contribution in [2.24, 2.45) is 23.0 Å². The fourth-order valence-electron chi connectivity index (χ4n) is 3.51. The molecule has 1 saturated carbocycles. The maximum atomic E-state index is 6.25. The summed E-state index contributed by atoms with van der Waals surface area (Å²) in [4.78, 5) is 6.51. The summed E-state index contributed by atoms with van der Waals surface area (Å²) >= 11 is 0. The van der Waals surface area contributed by atoms with Crippen LogP contribution < -0.4 is 5.73 Å². The van der Waals surface area contributed by atoms with E-state index in [0.717, 1.165) is 19.0 Å². The van der Waals surface area contributed by atoms with Crippen molar-refractivity contribution in [3.8, 4) is 0 Å². The van der Waals surface area contributed by atoms with Gasteiger partial charge < -0.3 is 10.6 Å². The van der Waals surface area contributed by atoms with Crippen molar-refractivity contribution in [2.75, 3.05) is 13.6 Å². The molecule has 0 aromatic carbocycles. The van der Waals surface area contributed by atoms with Gasteiger partial charge in [-0.1, -0.05) is 20.8 Å². The van der Waals surface area contributed by atoms with Crippen LogP contribution in [0.1, 0.15) is 39.2 Å². The quantitative estimate of drug-likeness (QED) is 0.918. The zero-order chi connectivity index (χ0) is 14.8. The van der Waals surface area contributed by atoms with Gasteiger partial charge >= 0.3 is 0 Å². The average Bonchev–Trinajstić information content (AvgIpc) is 2.41. The summed E-state index contributed by atoms with van der Waals surface area (Å²) < 4.78 is 0. The fraction of sp³-hybridized carbons (Fsp3) is 0.706. The van der Waals surface area contributed by atoms with E-state index in [1.54, 1.807) is 0 Å². The molecule has 3 nitrogen and oxygen atoms in total. The van der Waals surface area contributed by atoms with Gasteiger partial charge in [0.1, 0.15) is 0 Å². The van der Waals surface area contributed by atoms with Gasteiger partial charge in [0.15, 0.2) is 0 Å². The Morgan fingerprint density at radius 1 is 1.30 bits per heavy atom. The van der Waals surface area contributed by atoms with Crippen molar-refractivity contribution in [1.29, 1.82) is 0 Å². The molecule has 0 saturated heterocycles. The topological polar surface area (TPSA) is 42.1 Å². The predicted molar refractivity (Wildman–Crippen MR) is 84.2 cm³/mol. The Morgan fingerprint density at radius 2 is 1.95 bits per heavy atom. The average molecular weight is 275 g/mol. The first kappa shape index (κ1) is 15.5. The minimum atomic E-state index is 0.324. The summed E-state index contributed by atoms with van der Waals surface area (Å²) in [6, 6.07) is 4.56. The summed E-state index contributed by atoms with van der Waals surface area (Å²) in [5, 5.41) is 0. The summed E-state index contributed by atoms with van der Waals surface area (Å²) in [7, 11) is 2.22. The molecule has 1 aromatic heterocycles. The van der Waals surface area contributed by atoms with Crippen molar-refractivity contribution >= 4 is 0 Å². The van der Waals surface area contributed by atoms with Crippen LogP contribution in [-0.4, -0.2) is 29.5 Å². The number of hydrogen-bond acceptors (Lipinski definition) is 3. The molecule has 20 heavy (non-hydrogen) atoms. The molecule has 0 aliphatic heterocycles. The van der Waals surface area contributed by atoms with E-state index in [1.165, 1.54) is 18.4 Å². The van der Waals surface area contributed by atoms with Crippen LogP contribution in [0.3, 0.4) is 0 Å². The highest BCUT2D eigenvalue weighted by Crippen LogP contribution is 2.44. The number of pyridine rings is 1. The minimum absolute atomic E-state index is 0.324. The number of rotatable bonds is 4. The zero-order valence-electron chi connectivity index (χ0n) is 13.3. The summed E-state index contributed by atoms with van der Waals surface area (Å²) in [6.45, 7) is 9.24. The van der Waals surface area contributed by atoms with Gasteiger partial charge in [-0.15, -0.1) is 0 Å². The summed E-state index contributed by atoms with van der Waals surface area (Å²) in [6.07, 6.45) is 6.15. The zero-order valence-corrected chi connectivity index (χ0v) is 13.3. The Bertz CT molecular complexity index is 416. The van der Waals surface area contributed by atoms with Crippen molar-refractivity contribution in [3.63, 3.8) is 0 Å². The first-order valence-corrected chi connectivity index (χ1v) is 7.74. The second-order valence-corrected chi connectivity index (χ2v) is 7.10. The Balaban J connectivity index is 1.95. The predicted octanol–water partition coefficient (Wildman–Crippen LogP) is 2.91. The second-order valence-electron chi connectivity index (χ2n) is 7.10. The van der Waals surface area contributed by atoms with E-state index in [-0.39, 0.29) is 0 Å². The van der Waals surface area contributed by atoms with Gasteiger partial charge in [0.25, 0.3) is 0 Å². The molecule has 1 aliphatic carbocycles. The van der Waals surface area contributed by atoms with Gasteiger partial charge in [-0.3, -0.25) is 4.98 Å². The molecule has 0 amide bonds. The maximum Gasteiger partial charge on any atom is 0.0271 e. The largest absolute Gasteiger partial charge is 0.327 e. The lowest BCUT2D eigenvalue weighted by Crippen LogP contribution is -2.49. The molecule has 3 heteroatoms. The molecule has 2 N–H and O–H groups in total. The first-order valence-electron chi connectivity index (χ1n) is 7.74. The van der Waals surface area contributed by atoms with Gasteiger partial charge in [0, 0.05) is 31.5 Å². The smallest absolute Gasteiger partial charge is 0.0271 e. The van der Waals surface area contributed by atoms with E-state index < -0.39 is 0 Å². The highest BCUT2D eigenvalue weighted by Gasteiger charge is 2.41. The molecule has 2 rings (SSSR count). The van der Waals surface area contributed by atoms with Gasteiger partial charge in [0.2, 0.25) is 0 Å². The third-order valence-corrected chi connectivity index (χ3v) is 5.45. The van der Waals surface area contributed by atoms with Gasteiger partial charge in [0.05, 0.1) is 0 Å². The number of nitrogens with zero attached hydrogens (tertiary/aromatic N) is 2. The molecular formula is C17H29N3. The normalized spacial score (nSPS) is 29.6. The van der Waals surface area contributed by atoms with Crippen LogP contribution in [0.15, 0.2) is 24.5 Å². The van der Waals surface area contributed by atoms with Gasteiger partial charge in [-0.2, -0.15) is 0 Å². The van der Waals surface area contributed by atoms with Crippen molar-refractivity contribution in [3.05, 3.63) is 30.1 Å². The summed E-state index contributed by atoms with van der Waals surface area (Å²) in [5.74, 6) is 1.32. The van der Waals surface area contributed by atoms with Crippen LogP contribution >= 0.6 is 0 Å². The Kier molecular flexibility index (Phi) is 4.82. The third-order valence-electron chi connectivity index (χ3n) is 5.45. The summed E-state index contributed by atoms with van der Waals surface area (Å²) in [5.41, 5.74) is 7.91. The van der Waals surface area contributed by atoms with Crippen LogP contribution in [0.4, 0.5) is 0 Å². The minimum Gasteiger partial charge on any atom is -0.327 e. The van der Waals surface area contributed by atoms with Crippen LogP contribution in [-0.2, 0) is 6.54 Å². The van der Waals surface area contributed by atoms with Crippen LogP contribution in [0.25, 0.3) is 0 Å². The standard InChI is InChI=1S/C17H29N3/c1-13-16(18)6-5-15(17(13,2)3)12-20(4)11-14-7-9-19-10-8-14/h7-10,13,15-16H,5-6,11-12,18H2,1-4H3. The van der Waals surface area contributed by atoms with Crippen LogP contribution in [0.2, 0.25) is 0 Å². The highest BCUT2D eigenvalue weighted by atomic mass is 15.1. The number of hydrogen-bond donors (Lipinski definition) is 1. The molecule has 112 valence electrons. The highest BCUT2D eigenvalue weighted by molar-refractivity contribution is 5.09. The number of nitrogens with two attached hydrogens (primary N) is 1. The maximum absolute atomic E-state index is 6.25. The van der Waals surface area contributed by atoms with Crippen molar-refractivity contribution < 1.29 is 0 Å². The van der Waals surface area contributed by atoms with E-state index in [1.807, 2.05) is 12.4 Å². The molecule has 1 aliphatic rings.